The SMILES string of the molecule is COC(=O)C1=C(C(=O)OC)/C(=C(\O)c2ccc(C(C)=O)cc2)C=C1. The normalized spacial score (nSPS) is 15.3. The third kappa shape index (κ3) is 3.12. The number of aliphatic hydroxyl groups excluding tert-OH is 1. The number of carbonyl (C=O) groups excluding carboxylic acids is 3. The molecular formula is C18H16O6. The van der Waals surface area contributed by atoms with E-state index in [9.17, 15) is 19.5 Å². The summed E-state index contributed by atoms with van der Waals surface area (Å²) in [6, 6.07) is 6.24. The van der Waals surface area contributed by atoms with E-state index in [0.29, 0.717) is 11.1 Å². The second-order valence-electron chi connectivity index (χ2n) is 5.00. The molecule has 0 amide bonds. The molecule has 0 unspecified atom stereocenters. The molecule has 0 atom stereocenters. The van der Waals surface area contributed by atoms with E-state index in [1.807, 2.05) is 0 Å². The number of benzene rings is 1. The molecule has 1 aliphatic rings. The van der Waals surface area contributed by atoms with E-state index in [-0.39, 0.29) is 28.3 Å². The van der Waals surface area contributed by atoms with Crippen molar-refractivity contribution in [3.8, 4) is 0 Å². The van der Waals surface area contributed by atoms with Gasteiger partial charge in [0.2, 0.25) is 0 Å². The third-order valence-electron chi connectivity index (χ3n) is 3.57. The molecule has 0 spiro atoms. The first-order valence-corrected chi connectivity index (χ1v) is 7.04. The number of ketones is 1. The van der Waals surface area contributed by atoms with Crippen molar-refractivity contribution in [3.05, 3.63) is 64.3 Å². The van der Waals surface area contributed by atoms with E-state index in [4.69, 9.17) is 4.74 Å². The van der Waals surface area contributed by atoms with Gasteiger partial charge in [0.05, 0.1) is 25.4 Å². The van der Waals surface area contributed by atoms with Crippen LogP contribution in [0.4, 0.5) is 0 Å². The topological polar surface area (TPSA) is 89.9 Å². The molecule has 2 rings (SSSR count). The summed E-state index contributed by atoms with van der Waals surface area (Å²) < 4.78 is 9.33. The maximum Gasteiger partial charge on any atom is 0.339 e. The van der Waals surface area contributed by atoms with Crippen LogP contribution in [0.15, 0.2) is 53.1 Å². The molecular weight excluding hydrogens is 312 g/mol. The van der Waals surface area contributed by atoms with Crippen molar-refractivity contribution in [3.63, 3.8) is 0 Å². The van der Waals surface area contributed by atoms with Crippen LogP contribution in [0, 0.1) is 0 Å². The predicted molar refractivity (Wildman–Crippen MR) is 86.2 cm³/mol. The standard InChI is InChI=1S/C18H16O6/c1-10(19)11-4-6-12(7-5-11)16(20)13-8-9-14(17(21)23-2)15(13)18(22)24-3/h4-9,20H,1-3H3/b16-13-. The van der Waals surface area contributed by atoms with Gasteiger partial charge in [-0.25, -0.2) is 9.59 Å². The Hall–Kier alpha value is -3.15. The van der Waals surface area contributed by atoms with Gasteiger partial charge in [-0.3, -0.25) is 4.79 Å². The fraction of sp³-hybridized carbons (Fsp3) is 0.167. The van der Waals surface area contributed by atoms with Gasteiger partial charge in [0.25, 0.3) is 0 Å². The molecule has 1 aromatic carbocycles. The van der Waals surface area contributed by atoms with E-state index in [0.717, 1.165) is 0 Å². The first kappa shape index (κ1) is 17.2. The summed E-state index contributed by atoms with van der Waals surface area (Å²) in [6.45, 7) is 1.44. The van der Waals surface area contributed by atoms with Crippen LogP contribution in [0.2, 0.25) is 0 Å². The van der Waals surface area contributed by atoms with Crippen LogP contribution in [-0.2, 0) is 19.1 Å². The summed E-state index contributed by atoms with van der Waals surface area (Å²) in [5, 5.41) is 10.5. The second kappa shape index (κ2) is 6.95. The number of allylic oxidation sites excluding steroid dienone is 1. The third-order valence-corrected chi connectivity index (χ3v) is 3.57. The highest BCUT2D eigenvalue weighted by Crippen LogP contribution is 2.32. The Bertz CT molecular complexity index is 793. The number of hydrogen-bond donors (Lipinski definition) is 1. The molecule has 1 N–H and O–H groups in total. The number of methoxy groups -OCH3 is 2. The molecule has 6 nitrogen and oxygen atoms in total. The number of carbonyl (C=O) groups is 3. The van der Waals surface area contributed by atoms with Gasteiger partial charge in [0.1, 0.15) is 5.76 Å². The minimum absolute atomic E-state index is 0.00579. The summed E-state index contributed by atoms with van der Waals surface area (Å²) in [4.78, 5) is 35.1. The van der Waals surface area contributed by atoms with Gasteiger partial charge in [-0.15, -0.1) is 0 Å². The maximum atomic E-state index is 12.0. The van der Waals surface area contributed by atoms with Crippen LogP contribution in [0.25, 0.3) is 5.76 Å². The van der Waals surface area contributed by atoms with Crippen molar-refractivity contribution in [2.24, 2.45) is 0 Å². The van der Waals surface area contributed by atoms with E-state index in [2.05, 4.69) is 4.74 Å². The quantitative estimate of drug-likeness (QED) is 0.518. The fourth-order valence-electron chi connectivity index (χ4n) is 2.30. The van der Waals surface area contributed by atoms with Crippen LogP contribution in [-0.4, -0.2) is 37.0 Å². The highest BCUT2D eigenvalue weighted by Gasteiger charge is 2.29. The summed E-state index contributed by atoms with van der Waals surface area (Å²) in [6.07, 6.45) is 2.82. The van der Waals surface area contributed by atoms with Crippen molar-refractivity contribution in [2.45, 2.75) is 6.92 Å². The minimum atomic E-state index is -0.762. The van der Waals surface area contributed by atoms with E-state index in [1.54, 1.807) is 24.3 Å². The molecule has 0 fully saturated rings. The average Bonchev–Trinajstić information content (AvgIpc) is 3.04. The van der Waals surface area contributed by atoms with Crippen molar-refractivity contribution in [1.82, 2.24) is 0 Å². The smallest absolute Gasteiger partial charge is 0.339 e. The van der Waals surface area contributed by atoms with Gasteiger partial charge < -0.3 is 14.6 Å². The van der Waals surface area contributed by atoms with Gasteiger partial charge in [0, 0.05) is 16.7 Å². The summed E-state index contributed by atoms with van der Waals surface area (Å²) in [7, 11) is 2.37. The summed E-state index contributed by atoms with van der Waals surface area (Å²) in [5.74, 6) is -1.78. The molecule has 1 aliphatic carbocycles. The molecule has 0 saturated heterocycles. The number of esters is 2. The lowest BCUT2D eigenvalue weighted by Gasteiger charge is -2.09. The van der Waals surface area contributed by atoms with Crippen molar-refractivity contribution >= 4 is 23.5 Å². The molecule has 124 valence electrons. The predicted octanol–water partition coefficient (Wildman–Crippen LogP) is 2.37. The van der Waals surface area contributed by atoms with Crippen LogP contribution in [0.5, 0.6) is 0 Å². The molecule has 0 bridgehead atoms. The number of rotatable bonds is 4. The van der Waals surface area contributed by atoms with Crippen molar-refractivity contribution in [1.29, 1.82) is 0 Å². The minimum Gasteiger partial charge on any atom is -0.507 e. The van der Waals surface area contributed by atoms with Crippen LogP contribution in [0.3, 0.4) is 0 Å². The van der Waals surface area contributed by atoms with Gasteiger partial charge in [-0.05, 0) is 19.1 Å². The zero-order valence-corrected chi connectivity index (χ0v) is 13.5. The average molecular weight is 328 g/mol. The van der Waals surface area contributed by atoms with Gasteiger partial charge in [0.15, 0.2) is 5.78 Å². The number of ether oxygens (including phenoxy) is 2. The zero-order valence-electron chi connectivity index (χ0n) is 13.5. The van der Waals surface area contributed by atoms with E-state index in [1.165, 1.54) is 33.3 Å². The molecule has 0 aromatic heterocycles. The lowest BCUT2D eigenvalue weighted by molar-refractivity contribution is -0.138. The Balaban J connectivity index is 2.55. The highest BCUT2D eigenvalue weighted by molar-refractivity contribution is 6.09. The van der Waals surface area contributed by atoms with Gasteiger partial charge in [-0.2, -0.15) is 0 Å². The fourth-order valence-corrected chi connectivity index (χ4v) is 2.30. The molecule has 6 heteroatoms. The van der Waals surface area contributed by atoms with Crippen molar-refractivity contribution < 1.29 is 29.0 Å². The molecule has 0 radical (unpaired) electrons. The second-order valence-corrected chi connectivity index (χ2v) is 5.00. The van der Waals surface area contributed by atoms with Gasteiger partial charge >= 0.3 is 11.9 Å². The Kier molecular flexibility index (Phi) is 4.99. The molecule has 0 aliphatic heterocycles. The monoisotopic (exact) mass is 328 g/mol. The van der Waals surface area contributed by atoms with E-state index >= 15 is 0 Å². The maximum absolute atomic E-state index is 12.0. The molecule has 0 heterocycles. The number of hydrogen-bond acceptors (Lipinski definition) is 6. The lowest BCUT2D eigenvalue weighted by atomic mass is 10.0. The lowest BCUT2D eigenvalue weighted by Crippen LogP contribution is -2.13. The Morgan fingerprint density at radius 1 is 0.875 bits per heavy atom. The molecule has 1 aromatic rings. The Morgan fingerprint density at radius 2 is 1.42 bits per heavy atom. The Morgan fingerprint density at radius 3 is 1.92 bits per heavy atom. The highest BCUT2D eigenvalue weighted by atomic mass is 16.5. The molecule has 24 heavy (non-hydrogen) atoms. The van der Waals surface area contributed by atoms with Crippen LogP contribution in [0.1, 0.15) is 22.8 Å². The zero-order chi connectivity index (χ0) is 17.9. The van der Waals surface area contributed by atoms with Gasteiger partial charge in [-0.1, -0.05) is 24.3 Å². The van der Waals surface area contributed by atoms with Crippen molar-refractivity contribution in [2.75, 3.05) is 14.2 Å². The summed E-state index contributed by atoms with van der Waals surface area (Å²) >= 11 is 0. The largest absolute Gasteiger partial charge is 0.507 e. The molecule has 0 saturated carbocycles. The first-order chi connectivity index (χ1) is 11.4. The number of aliphatic hydroxyl groups is 1. The first-order valence-electron chi connectivity index (χ1n) is 7.04. The number of Topliss-reactive ketones (excluding diaryl/α,β-unsaturated/α-hetero) is 1. The van der Waals surface area contributed by atoms with Crippen LogP contribution < -0.4 is 0 Å². The Labute approximate surface area is 138 Å². The van der Waals surface area contributed by atoms with Crippen LogP contribution >= 0.6 is 0 Å². The van der Waals surface area contributed by atoms with E-state index < -0.39 is 11.9 Å². The summed E-state index contributed by atoms with van der Waals surface area (Å²) in [5.41, 5.74) is 0.978.